The first-order valence-electron chi connectivity index (χ1n) is 10.3. The number of hydrogen-bond donors (Lipinski definition) is 1. The van der Waals surface area contributed by atoms with Crippen LogP contribution in [0.25, 0.3) is 5.82 Å². The van der Waals surface area contributed by atoms with E-state index in [9.17, 15) is 23.2 Å². The Morgan fingerprint density at radius 1 is 1.23 bits per heavy atom. The Bertz CT molecular complexity index is 1380. The van der Waals surface area contributed by atoms with Gasteiger partial charge in [0.2, 0.25) is 0 Å². The second-order valence-electron chi connectivity index (χ2n) is 7.99. The van der Waals surface area contributed by atoms with Crippen LogP contribution in [0.15, 0.2) is 30.6 Å². The van der Waals surface area contributed by atoms with Gasteiger partial charge in [-0.2, -0.15) is 15.2 Å². The van der Waals surface area contributed by atoms with Gasteiger partial charge >= 0.3 is 6.36 Å². The van der Waals surface area contributed by atoms with E-state index in [-0.39, 0.29) is 28.5 Å². The van der Waals surface area contributed by atoms with E-state index in [1.54, 1.807) is 13.8 Å². The first kappa shape index (κ1) is 23.6. The van der Waals surface area contributed by atoms with Crippen LogP contribution < -0.4 is 10.1 Å². The number of rotatable bonds is 6. The molecule has 0 bridgehead atoms. The van der Waals surface area contributed by atoms with Crippen LogP contribution in [0.2, 0.25) is 0 Å². The summed E-state index contributed by atoms with van der Waals surface area (Å²) >= 11 is 0. The third-order valence-electron chi connectivity index (χ3n) is 5.38. The van der Waals surface area contributed by atoms with Gasteiger partial charge in [0.25, 0.3) is 5.91 Å². The molecule has 1 amide bonds. The molecule has 1 fully saturated rings. The zero-order valence-electron chi connectivity index (χ0n) is 18.5. The molecule has 35 heavy (non-hydrogen) atoms. The van der Waals surface area contributed by atoms with Crippen molar-refractivity contribution in [3.63, 3.8) is 0 Å². The first-order valence-corrected chi connectivity index (χ1v) is 10.3. The number of ether oxygens (including phenoxy) is 1. The minimum Gasteiger partial charge on any atom is -0.406 e. The quantitative estimate of drug-likeness (QED) is 0.564. The largest absolute Gasteiger partial charge is 0.573 e. The Balaban J connectivity index is 1.64. The molecule has 13 heteroatoms. The van der Waals surface area contributed by atoms with Crippen molar-refractivity contribution in [2.75, 3.05) is 0 Å². The summed E-state index contributed by atoms with van der Waals surface area (Å²) < 4.78 is 43.9. The SMILES string of the molecule is Cc1nc([C@H](C)NC(=O)c2cc(OC(F)(F)F)cc(C3(C#N)CC3)c2)n(-c2cc(C#N)ncn2)n1. The number of halogens is 3. The molecule has 1 aromatic carbocycles. The van der Waals surface area contributed by atoms with E-state index >= 15 is 0 Å². The lowest BCUT2D eigenvalue weighted by Crippen LogP contribution is -2.29. The second kappa shape index (κ2) is 8.68. The van der Waals surface area contributed by atoms with E-state index in [1.165, 1.54) is 23.1 Å². The number of benzene rings is 1. The number of aryl methyl sites for hydroxylation is 1. The molecule has 0 spiro atoms. The zero-order valence-corrected chi connectivity index (χ0v) is 18.5. The molecule has 10 nitrogen and oxygen atoms in total. The molecule has 0 radical (unpaired) electrons. The van der Waals surface area contributed by atoms with Crippen LogP contribution in [0.5, 0.6) is 5.75 Å². The summed E-state index contributed by atoms with van der Waals surface area (Å²) in [6, 6.07) is 8.12. The minimum absolute atomic E-state index is 0.103. The summed E-state index contributed by atoms with van der Waals surface area (Å²) in [5.74, 6) is -0.394. The monoisotopic (exact) mass is 482 g/mol. The number of aromatic nitrogens is 5. The van der Waals surface area contributed by atoms with E-state index in [0.29, 0.717) is 18.7 Å². The summed E-state index contributed by atoms with van der Waals surface area (Å²) in [5.41, 5.74) is -0.657. The number of carbonyl (C=O) groups excluding carboxylic acids is 1. The molecule has 2 aromatic heterocycles. The highest BCUT2D eigenvalue weighted by Gasteiger charge is 2.46. The van der Waals surface area contributed by atoms with Gasteiger partial charge in [0.15, 0.2) is 11.6 Å². The Labute approximate surface area is 197 Å². The van der Waals surface area contributed by atoms with Gasteiger partial charge < -0.3 is 10.1 Å². The molecular weight excluding hydrogens is 465 g/mol. The van der Waals surface area contributed by atoms with Crippen molar-refractivity contribution in [2.45, 2.75) is 44.5 Å². The van der Waals surface area contributed by atoms with Crippen LogP contribution in [0.1, 0.15) is 59.1 Å². The molecule has 0 unspecified atom stereocenters. The molecular formula is C22H17F3N8O2. The number of nitrogens with one attached hydrogen (secondary N) is 1. The molecule has 1 aliphatic carbocycles. The van der Waals surface area contributed by atoms with Crippen molar-refractivity contribution in [2.24, 2.45) is 0 Å². The van der Waals surface area contributed by atoms with Crippen molar-refractivity contribution in [3.05, 3.63) is 59.1 Å². The average Bonchev–Trinajstić information content (AvgIpc) is 3.52. The van der Waals surface area contributed by atoms with Crippen molar-refractivity contribution in [3.8, 4) is 23.7 Å². The summed E-state index contributed by atoms with van der Waals surface area (Å²) in [6.07, 6.45) is -2.82. The third kappa shape index (κ3) is 5.04. The van der Waals surface area contributed by atoms with Crippen molar-refractivity contribution in [1.29, 1.82) is 10.5 Å². The standard InChI is InChI=1S/C22H17F3N8O2/c1-12(19-31-13(2)32-33(19)18-8-16(9-26)28-11-29-18)30-20(34)14-5-15(21(10-27)3-4-21)7-17(6-14)35-22(23,24)25/h5-8,11-12H,3-4H2,1-2H3,(H,30,34)/t12-/m0/s1. The Morgan fingerprint density at radius 2 is 1.97 bits per heavy atom. The lowest BCUT2D eigenvalue weighted by atomic mass is 9.95. The van der Waals surface area contributed by atoms with E-state index in [1.807, 2.05) is 6.07 Å². The fraction of sp³-hybridized carbons (Fsp3) is 0.318. The maximum atomic E-state index is 13.0. The summed E-state index contributed by atoms with van der Waals surface area (Å²) in [7, 11) is 0. The minimum atomic E-state index is -4.96. The molecule has 1 atom stereocenters. The molecule has 4 rings (SSSR count). The van der Waals surface area contributed by atoms with Crippen LogP contribution in [0, 0.1) is 29.6 Å². The van der Waals surface area contributed by atoms with Crippen LogP contribution >= 0.6 is 0 Å². The van der Waals surface area contributed by atoms with Gasteiger partial charge in [0.05, 0.1) is 17.5 Å². The predicted octanol–water partition coefficient (Wildman–Crippen LogP) is 3.18. The maximum Gasteiger partial charge on any atom is 0.573 e. The fourth-order valence-corrected chi connectivity index (χ4v) is 3.54. The molecule has 1 N–H and O–H groups in total. The van der Waals surface area contributed by atoms with Crippen LogP contribution in [0.4, 0.5) is 13.2 Å². The van der Waals surface area contributed by atoms with Crippen molar-refractivity contribution in [1.82, 2.24) is 30.0 Å². The van der Waals surface area contributed by atoms with Gasteiger partial charge in [-0.15, -0.1) is 18.3 Å². The van der Waals surface area contributed by atoms with Crippen LogP contribution in [-0.2, 0) is 5.41 Å². The molecule has 178 valence electrons. The number of nitrogens with zero attached hydrogens (tertiary/aromatic N) is 7. The highest BCUT2D eigenvalue weighted by molar-refractivity contribution is 5.95. The summed E-state index contributed by atoms with van der Waals surface area (Å²) in [5, 5.41) is 25.5. The number of carbonyl (C=O) groups is 1. The lowest BCUT2D eigenvalue weighted by Gasteiger charge is -2.17. The van der Waals surface area contributed by atoms with Gasteiger partial charge in [-0.25, -0.2) is 15.0 Å². The molecule has 1 saturated carbocycles. The highest BCUT2D eigenvalue weighted by Crippen LogP contribution is 2.48. The van der Waals surface area contributed by atoms with Gasteiger partial charge in [0.1, 0.15) is 29.7 Å². The zero-order chi connectivity index (χ0) is 25.4. The predicted molar refractivity (Wildman–Crippen MR) is 112 cm³/mol. The van der Waals surface area contributed by atoms with Gasteiger partial charge in [-0.1, -0.05) is 0 Å². The molecule has 2 heterocycles. The second-order valence-corrected chi connectivity index (χ2v) is 7.99. The van der Waals surface area contributed by atoms with E-state index in [0.717, 1.165) is 12.1 Å². The van der Waals surface area contributed by atoms with E-state index < -0.39 is 29.5 Å². The van der Waals surface area contributed by atoms with Crippen LogP contribution in [-0.4, -0.2) is 37.0 Å². The van der Waals surface area contributed by atoms with Crippen molar-refractivity contribution >= 4 is 5.91 Å². The smallest absolute Gasteiger partial charge is 0.406 e. The van der Waals surface area contributed by atoms with Gasteiger partial charge in [-0.3, -0.25) is 4.79 Å². The van der Waals surface area contributed by atoms with Gasteiger partial charge in [-0.05, 0) is 50.5 Å². The number of hydrogen-bond acceptors (Lipinski definition) is 8. The Hall–Kier alpha value is -4.52. The topological polar surface area (TPSA) is 142 Å². The molecule has 0 saturated heterocycles. The fourth-order valence-electron chi connectivity index (χ4n) is 3.54. The number of nitriles is 2. The Morgan fingerprint density at radius 3 is 2.60 bits per heavy atom. The number of alkyl halides is 3. The van der Waals surface area contributed by atoms with E-state index in [4.69, 9.17) is 5.26 Å². The van der Waals surface area contributed by atoms with E-state index in [2.05, 4.69) is 36.2 Å². The average molecular weight is 482 g/mol. The number of amides is 1. The van der Waals surface area contributed by atoms with Crippen molar-refractivity contribution < 1.29 is 22.7 Å². The Kier molecular flexibility index (Phi) is 5.86. The molecule has 1 aliphatic rings. The molecule has 3 aromatic rings. The maximum absolute atomic E-state index is 13.0. The lowest BCUT2D eigenvalue weighted by molar-refractivity contribution is -0.274. The molecule has 0 aliphatic heterocycles. The normalized spacial score (nSPS) is 14.9. The summed E-state index contributed by atoms with van der Waals surface area (Å²) in [4.78, 5) is 25.2. The highest BCUT2D eigenvalue weighted by atomic mass is 19.4. The van der Waals surface area contributed by atoms with Crippen LogP contribution in [0.3, 0.4) is 0 Å². The first-order chi connectivity index (χ1) is 16.5. The van der Waals surface area contributed by atoms with Gasteiger partial charge in [0, 0.05) is 11.6 Å². The third-order valence-corrected chi connectivity index (χ3v) is 5.38. The summed E-state index contributed by atoms with van der Waals surface area (Å²) in [6.45, 7) is 3.24.